The van der Waals surface area contributed by atoms with Crippen LogP contribution in [0.1, 0.15) is 51.4 Å². The third kappa shape index (κ3) is 5.48. The number of amides is 1. The second-order valence-electron chi connectivity index (χ2n) is 9.07. The molecule has 0 unspecified atom stereocenters. The number of anilines is 1. The summed E-state index contributed by atoms with van der Waals surface area (Å²) in [5, 5.41) is 11.6. The summed E-state index contributed by atoms with van der Waals surface area (Å²) >= 11 is 0.936. The fraction of sp³-hybridized carbons (Fsp3) is 0.267. The van der Waals surface area contributed by atoms with Crippen LogP contribution >= 0.6 is 11.3 Å². The van der Waals surface area contributed by atoms with Crippen LogP contribution in [0.25, 0.3) is 5.76 Å². The van der Waals surface area contributed by atoms with Crippen LogP contribution in [0.2, 0.25) is 0 Å². The largest absolute Gasteiger partial charge is 0.507 e. The molecule has 9 nitrogen and oxygen atoms in total. The van der Waals surface area contributed by atoms with Crippen molar-refractivity contribution in [3.05, 3.63) is 88.0 Å². The van der Waals surface area contributed by atoms with E-state index in [0.29, 0.717) is 34.9 Å². The summed E-state index contributed by atoms with van der Waals surface area (Å²) in [4.78, 5) is 45.4. The highest BCUT2D eigenvalue weighted by Crippen LogP contribution is 2.44. The molecule has 2 heterocycles. The molecule has 4 rings (SSSR count). The predicted molar refractivity (Wildman–Crippen MR) is 152 cm³/mol. The summed E-state index contributed by atoms with van der Waals surface area (Å²) in [7, 11) is 1.53. The van der Waals surface area contributed by atoms with Crippen molar-refractivity contribution in [2.75, 3.05) is 25.2 Å². The normalized spacial score (nSPS) is 16.2. The van der Waals surface area contributed by atoms with Gasteiger partial charge in [0.25, 0.3) is 5.78 Å². The quantitative estimate of drug-likeness (QED) is 0.113. The number of esters is 1. The first-order valence-corrected chi connectivity index (χ1v) is 13.5. The summed E-state index contributed by atoms with van der Waals surface area (Å²) in [5.41, 5.74) is 1.93. The van der Waals surface area contributed by atoms with Crippen molar-refractivity contribution in [2.24, 2.45) is 0 Å². The lowest BCUT2D eigenvalue weighted by atomic mass is 9.95. The molecule has 0 spiro atoms. The van der Waals surface area contributed by atoms with Gasteiger partial charge in [0.15, 0.2) is 5.13 Å². The smallest absolute Gasteiger partial charge is 0.350 e. The Morgan fingerprint density at radius 3 is 2.52 bits per heavy atom. The monoisotopic (exact) mass is 562 g/mol. The lowest BCUT2D eigenvalue weighted by Crippen LogP contribution is -2.29. The van der Waals surface area contributed by atoms with E-state index in [4.69, 9.17) is 14.2 Å². The highest BCUT2D eigenvalue weighted by molar-refractivity contribution is 7.17. The van der Waals surface area contributed by atoms with Gasteiger partial charge in [0.05, 0.1) is 31.0 Å². The molecule has 0 bridgehead atoms. The Balaban J connectivity index is 1.85. The Labute approximate surface area is 236 Å². The number of rotatable bonds is 10. The fourth-order valence-electron chi connectivity index (χ4n) is 4.33. The SMILES string of the molecule is C=CCOC(=O)c1sc(N2C(=O)C(=O)C(=C(O)c3ccc(OCCC)c(C)c3)[C@H]2c2ccc(OC)cc2)nc1C. The molecule has 0 saturated carbocycles. The van der Waals surface area contributed by atoms with E-state index < -0.39 is 23.7 Å². The number of hydrogen-bond acceptors (Lipinski definition) is 9. The van der Waals surface area contributed by atoms with Gasteiger partial charge in [0.2, 0.25) is 0 Å². The van der Waals surface area contributed by atoms with Gasteiger partial charge in [0, 0.05) is 5.56 Å². The molecule has 208 valence electrons. The molecular weight excluding hydrogens is 532 g/mol. The number of Topliss-reactive ketones (excluding diaryl/α,β-unsaturated/α-hetero) is 1. The minimum absolute atomic E-state index is 0.0174. The number of carbonyl (C=O) groups excluding carboxylic acids is 3. The van der Waals surface area contributed by atoms with Crippen LogP contribution in [-0.4, -0.2) is 48.1 Å². The molecule has 10 heteroatoms. The average Bonchev–Trinajstić information content (AvgIpc) is 3.46. The van der Waals surface area contributed by atoms with Gasteiger partial charge in [-0.25, -0.2) is 9.78 Å². The number of carbonyl (C=O) groups is 3. The molecule has 1 amide bonds. The highest BCUT2D eigenvalue weighted by Gasteiger charge is 2.48. The van der Waals surface area contributed by atoms with Crippen molar-refractivity contribution >= 4 is 39.9 Å². The second-order valence-corrected chi connectivity index (χ2v) is 10.0. The lowest BCUT2D eigenvalue weighted by Gasteiger charge is -2.23. The van der Waals surface area contributed by atoms with E-state index in [0.717, 1.165) is 23.3 Å². The maximum Gasteiger partial charge on any atom is 0.350 e. The number of thiazole rings is 1. The van der Waals surface area contributed by atoms with Crippen molar-refractivity contribution < 1.29 is 33.7 Å². The maximum absolute atomic E-state index is 13.5. The van der Waals surface area contributed by atoms with Crippen LogP contribution in [0, 0.1) is 13.8 Å². The molecule has 1 aliphatic heterocycles. The molecular formula is C30H30N2O7S. The molecule has 1 aromatic heterocycles. The van der Waals surface area contributed by atoms with Crippen molar-refractivity contribution in [1.29, 1.82) is 0 Å². The van der Waals surface area contributed by atoms with E-state index in [9.17, 15) is 19.5 Å². The molecule has 1 saturated heterocycles. The Morgan fingerprint density at radius 2 is 1.90 bits per heavy atom. The maximum atomic E-state index is 13.5. The Kier molecular flexibility index (Phi) is 8.69. The van der Waals surface area contributed by atoms with Crippen molar-refractivity contribution in [3.8, 4) is 11.5 Å². The lowest BCUT2D eigenvalue weighted by molar-refractivity contribution is -0.132. The molecule has 1 N–H and O–H groups in total. The van der Waals surface area contributed by atoms with Gasteiger partial charge in [-0.15, -0.1) is 0 Å². The van der Waals surface area contributed by atoms with Gasteiger partial charge in [-0.3, -0.25) is 14.5 Å². The van der Waals surface area contributed by atoms with E-state index in [2.05, 4.69) is 11.6 Å². The van der Waals surface area contributed by atoms with Gasteiger partial charge >= 0.3 is 11.9 Å². The molecule has 40 heavy (non-hydrogen) atoms. The summed E-state index contributed by atoms with van der Waals surface area (Å²) in [5.74, 6) is -1.44. The minimum Gasteiger partial charge on any atom is -0.507 e. The number of ether oxygens (including phenoxy) is 3. The number of benzene rings is 2. The minimum atomic E-state index is -1.01. The summed E-state index contributed by atoms with van der Waals surface area (Å²) in [6, 6.07) is 10.9. The van der Waals surface area contributed by atoms with Crippen LogP contribution in [0.5, 0.6) is 11.5 Å². The van der Waals surface area contributed by atoms with E-state index >= 15 is 0 Å². The Morgan fingerprint density at radius 1 is 1.18 bits per heavy atom. The van der Waals surface area contributed by atoms with Gasteiger partial charge < -0.3 is 19.3 Å². The van der Waals surface area contributed by atoms with Gasteiger partial charge in [-0.1, -0.05) is 43.0 Å². The standard InChI is InChI=1S/C30H30N2O7S/c1-6-14-38-22-13-10-20(16-17(22)3)25(33)23-24(19-8-11-21(37-5)12-9-19)32(28(35)26(23)34)30-31-18(4)27(40-30)29(36)39-15-7-2/h7-13,16,24,33H,2,6,14-15H2,1,3-5H3/t24-/m1/s1. The van der Waals surface area contributed by atoms with E-state index in [1.54, 1.807) is 49.4 Å². The zero-order valence-electron chi connectivity index (χ0n) is 22.7. The summed E-state index contributed by atoms with van der Waals surface area (Å²) < 4.78 is 16.2. The molecule has 1 aliphatic rings. The van der Waals surface area contributed by atoms with E-state index in [-0.39, 0.29) is 27.9 Å². The molecule has 1 atom stereocenters. The van der Waals surface area contributed by atoms with Gasteiger partial charge in [0.1, 0.15) is 28.7 Å². The zero-order chi connectivity index (χ0) is 29.0. The van der Waals surface area contributed by atoms with Crippen LogP contribution in [0.3, 0.4) is 0 Å². The van der Waals surface area contributed by atoms with Crippen molar-refractivity contribution in [3.63, 3.8) is 0 Å². The Bertz CT molecular complexity index is 1490. The van der Waals surface area contributed by atoms with Crippen molar-refractivity contribution in [1.82, 2.24) is 4.98 Å². The fourth-order valence-corrected chi connectivity index (χ4v) is 5.32. The molecule has 3 aromatic rings. The van der Waals surface area contributed by atoms with Crippen LogP contribution in [-0.2, 0) is 14.3 Å². The third-order valence-corrected chi connectivity index (χ3v) is 7.43. The van der Waals surface area contributed by atoms with Gasteiger partial charge in [-0.05, 0) is 61.7 Å². The van der Waals surface area contributed by atoms with E-state index in [1.807, 2.05) is 13.8 Å². The number of aliphatic hydroxyl groups is 1. The topological polar surface area (TPSA) is 115 Å². The summed E-state index contributed by atoms with van der Waals surface area (Å²) in [6.07, 6.45) is 2.29. The first-order chi connectivity index (χ1) is 19.2. The first-order valence-electron chi connectivity index (χ1n) is 12.7. The number of hydrogen-bond donors (Lipinski definition) is 1. The number of methoxy groups -OCH3 is 1. The van der Waals surface area contributed by atoms with Crippen LogP contribution < -0.4 is 14.4 Å². The zero-order valence-corrected chi connectivity index (χ0v) is 23.5. The van der Waals surface area contributed by atoms with Crippen LogP contribution in [0.15, 0.2) is 60.7 Å². The molecule has 2 aromatic carbocycles. The third-order valence-electron chi connectivity index (χ3n) is 6.30. The van der Waals surface area contributed by atoms with E-state index in [1.165, 1.54) is 18.1 Å². The second kappa shape index (κ2) is 12.2. The Hall–Kier alpha value is -4.44. The van der Waals surface area contributed by atoms with Crippen molar-refractivity contribution in [2.45, 2.75) is 33.2 Å². The predicted octanol–water partition coefficient (Wildman–Crippen LogP) is 5.53. The number of aryl methyl sites for hydroxylation is 2. The van der Waals surface area contributed by atoms with Gasteiger partial charge in [-0.2, -0.15) is 0 Å². The number of ketones is 1. The molecule has 1 fully saturated rings. The highest BCUT2D eigenvalue weighted by atomic mass is 32.1. The average molecular weight is 563 g/mol. The number of aromatic nitrogens is 1. The van der Waals surface area contributed by atoms with Crippen LogP contribution in [0.4, 0.5) is 5.13 Å². The summed E-state index contributed by atoms with van der Waals surface area (Å²) in [6.45, 7) is 9.57. The number of aliphatic hydroxyl groups excluding tert-OH is 1. The molecule has 0 aliphatic carbocycles. The first kappa shape index (κ1) is 28.6. The molecule has 0 radical (unpaired) electrons. The number of nitrogens with zero attached hydrogens (tertiary/aromatic N) is 2.